The molecule has 3 aromatic rings. The minimum atomic E-state index is -0.0907. The highest BCUT2D eigenvalue weighted by atomic mass is 16.2. The fourth-order valence-corrected chi connectivity index (χ4v) is 2.18. The summed E-state index contributed by atoms with van der Waals surface area (Å²) in [7, 11) is 1.74. The van der Waals surface area contributed by atoms with E-state index in [1.807, 2.05) is 30.3 Å². The summed E-state index contributed by atoms with van der Waals surface area (Å²) in [5.41, 5.74) is 8.55. The second kappa shape index (κ2) is 5.25. The lowest BCUT2D eigenvalue weighted by atomic mass is 10.1. The summed E-state index contributed by atoms with van der Waals surface area (Å²) in [5, 5.41) is 1.01. The number of nitrogens with zero attached hydrogens (tertiary/aromatic N) is 2. The Morgan fingerprint density at radius 3 is 2.57 bits per heavy atom. The SMILES string of the molecule is CN(C(=O)c1ccc(N)cc1)c1cnc2ccccc2c1. The Hall–Kier alpha value is -2.88. The molecule has 0 aliphatic rings. The van der Waals surface area contributed by atoms with Crippen molar-refractivity contribution in [3.63, 3.8) is 0 Å². The van der Waals surface area contributed by atoms with Crippen LogP contribution in [-0.2, 0) is 0 Å². The van der Waals surface area contributed by atoms with Crippen LogP contribution < -0.4 is 10.6 Å². The molecule has 0 aliphatic carbocycles. The van der Waals surface area contributed by atoms with E-state index in [1.165, 1.54) is 0 Å². The minimum absolute atomic E-state index is 0.0907. The van der Waals surface area contributed by atoms with Gasteiger partial charge in [0.1, 0.15) is 0 Å². The van der Waals surface area contributed by atoms with E-state index in [-0.39, 0.29) is 5.91 Å². The normalized spacial score (nSPS) is 10.5. The van der Waals surface area contributed by atoms with Gasteiger partial charge in [0.15, 0.2) is 0 Å². The van der Waals surface area contributed by atoms with Crippen molar-refractivity contribution in [3.05, 3.63) is 66.4 Å². The van der Waals surface area contributed by atoms with Crippen LogP contribution in [0.3, 0.4) is 0 Å². The molecule has 0 saturated carbocycles. The fourth-order valence-electron chi connectivity index (χ4n) is 2.18. The van der Waals surface area contributed by atoms with Gasteiger partial charge in [0.25, 0.3) is 5.91 Å². The monoisotopic (exact) mass is 277 g/mol. The Morgan fingerprint density at radius 1 is 1.10 bits per heavy atom. The highest BCUT2D eigenvalue weighted by Crippen LogP contribution is 2.20. The maximum absolute atomic E-state index is 12.4. The summed E-state index contributed by atoms with van der Waals surface area (Å²) >= 11 is 0. The van der Waals surface area contributed by atoms with Gasteiger partial charge in [-0.2, -0.15) is 0 Å². The molecular formula is C17H15N3O. The minimum Gasteiger partial charge on any atom is -0.399 e. The summed E-state index contributed by atoms with van der Waals surface area (Å²) in [6, 6.07) is 16.7. The quantitative estimate of drug-likeness (QED) is 0.732. The van der Waals surface area contributed by atoms with Crippen molar-refractivity contribution >= 4 is 28.2 Å². The molecule has 0 fully saturated rings. The van der Waals surface area contributed by atoms with Crippen LogP contribution in [0.1, 0.15) is 10.4 Å². The molecule has 0 spiro atoms. The summed E-state index contributed by atoms with van der Waals surface area (Å²) in [6.45, 7) is 0. The van der Waals surface area contributed by atoms with Gasteiger partial charge < -0.3 is 10.6 Å². The molecule has 0 bridgehead atoms. The van der Waals surface area contributed by atoms with E-state index < -0.39 is 0 Å². The highest BCUT2D eigenvalue weighted by Gasteiger charge is 2.14. The van der Waals surface area contributed by atoms with Crippen LogP contribution in [0.4, 0.5) is 11.4 Å². The van der Waals surface area contributed by atoms with Gasteiger partial charge in [-0.25, -0.2) is 0 Å². The van der Waals surface area contributed by atoms with Crippen molar-refractivity contribution in [3.8, 4) is 0 Å². The van der Waals surface area contributed by atoms with Crippen molar-refractivity contribution in [2.75, 3.05) is 17.7 Å². The van der Waals surface area contributed by atoms with Crippen LogP contribution in [-0.4, -0.2) is 17.9 Å². The molecule has 2 N–H and O–H groups in total. The van der Waals surface area contributed by atoms with E-state index >= 15 is 0 Å². The molecule has 0 atom stereocenters. The van der Waals surface area contributed by atoms with Crippen LogP contribution in [0.2, 0.25) is 0 Å². The average molecular weight is 277 g/mol. The van der Waals surface area contributed by atoms with Crippen molar-refractivity contribution in [1.29, 1.82) is 0 Å². The van der Waals surface area contributed by atoms with Gasteiger partial charge in [0, 0.05) is 23.7 Å². The lowest BCUT2D eigenvalue weighted by Crippen LogP contribution is -2.26. The van der Waals surface area contributed by atoms with Gasteiger partial charge in [-0.3, -0.25) is 9.78 Å². The third-order valence-corrected chi connectivity index (χ3v) is 3.43. The molecule has 4 nitrogen and oxygen atoms in total. The molecule has 104 valence electrons. The van der Waals surface area contributed by atoms with Crippen molar-refractivity contribution in [2.45, 2.75) is 0 Å². The zero-order chi connectivity index (χ0) is 14.8. The molecule has 2 aromatic carbocycles. The Morgan fingerprint density at radius 2 is 1.81 bits per heavy atom. The zero-order valence-electron chi connectivity index (χ0n) is 11.7. The fraction of sp³-hybridized carbons (Fsp3) is 0.0588. The van der Waals surface area contributed by atoms with E-state index in [9.17, 15) is 4.79 Å². The van der Waals surface area contributed by atoms with Crippen LogP contribution in [0.25, 0.3) is 10.9 Å². The Bertz CT molecular complexity index is 796. The number of fused-ring (bicyclic) bond motifs is 1. The summed E-state index contributed by atoms with van der Waals surface area (Å²) in [4.78, 5) is 18.4. The number of amides is 1. The first-order valence-electron chi connectivity index (χ1n) is 6.63. The number of nitrogen functional groups attached to an aromatic ring is 1. The molecular weight excluding hydrogens is 262 g/mol. The number of nitrogens with two attached hydrogens (primary N) is 1. The molecule has 0 radical (unpaired) electrons. The van der Waals surface area contributed by atoms with E-state index in [0.29, 0.717) is 11.3 Å². The molecule has 1 aromatic heterocycles. The number of rotatable bonds is 2. The summed E-state index contributed by atoms with van der Waals surface area (Å²) < 4.78 is 0. The molecule has 0 aliphatic heterocycles. The second-order valence-corrected chi connectivity index (χ2v) is 4.87. The topological polar surface area (TPSA) is 59.2 Å². The van der Waals surface area contributed by atoms with Gasteiger partial charge in [-0.05, 0) is 36.4 Å². The molecule has 0 unspecified atom stereocenters. The first-order chi connectivity index (χ1) is 10.1. The summed E-state index contributed by atoms with van der Waals surface area (Å²) in [6.07, 6.45) is 1.71. The van der Waals surface area contributed by atoms with Crippen LogP contribution in [0.5, 0.6) is 0 Å². The third kappa shape index (κ3) is 2.56. The third-order valence-electron chi connectivity index (χ3n) is 3.43. The van der Waals surface area contributed by atoms with Crippen LogP contribution >= 0.6 is 0 Å². The average Bonchev–Trinajstić information content (AvgIpc) is 2.54. The predicted molar refractivity (Wildman–Crippen MR) is 85.3 cm³/mol. The molecule has 3 rings (SSSR count). The van der Waals surface area contributed by atoms with Gasteiger partial charge in [-0.15, -0.1) is 0 Å². The number of para-hydroxylation sites is 1. The van der Waals surface area contributed by atoms with E-state index in [1.54, 1.807) is 42.4 Å². The van der Waals surface area contributed by atoms with Crippen LogP contribution in [0.15, 0.2) is 60.8 Å². The predicted octanol–water partition coefficient (Wildman–Crippen LogP) is 3.09. The molecule has 21 heavy (non-hydrogen) atoms. The number of pyridine rings is 1. The number of benzene rings is 2. The van der Waals surface area contributed by atoms with Gasteiger partial charge in [0.2, 0.25) is 0 Å². The Kier molecular flexibility index (Phi) is 3.28. The first kappa shape index (κ1) is 13.1. The van der Waals surface area contributed by atoms with Crippen molar-refractivity contribution < 1.29 is 4.79 Å². The summed E-state index contributed by atoms with van der Waals surface area (Å²) in [5.74, 6) is -0.0907. The number of hydrogen-bond donors (Lipinski definition) is 1. The number of carbonyl (C=O) groups is 1. The van der Waals surface area contributed by atoms with Crippen LogP contribution in [0, 0.1) is 0 Å². The smallest absolute Gasteiger partial charge is 0.258 e. The van der Waals surface area contributed by atoms with Crippen molar-refractivity contribution in [1.82, 2.24) is 4.98 Å². The lowest BCUT2D eigenvalue weighted by Gasteiger charge is -2.17. The van der Waals surface area contributed by atoms with Gasteiger partial charge >= 0.3 is 0 Å². The number of carbonyl (C=O) groups excluding carboxylic acids is 1. The van der Waals surface area contributed by atoms with Gasteiger partial charge in [-0.1, -0.05) is 18.2 Å². The first-order valence-corrected chi connectivity index (χ1v) is 6.63. The molecule has 0 saturated heterocycles. The second-order valence-electron chi connectivity index (χ2n) is 4.87. The molecule has 1 amide bonds. The maximum atomic E-state index is 12.4. The van der Waals surface area contributed by atoms with E-state index in [0.717, 1.165) is 16.6 Å². The number of hydrogen-bond acceptors (Lipinski definition) is 3. The molecule has 4 heteroatoms. The Labute approximate surface area is 122 Å². The van der Waals surface area contributed by atoms with E-state index in [4.69, 9.17) is 5.73 Å². The largest absolute Gasteiger partial charge is 0.399 e. The highest BCUT2D eigenvalue weighted by molar-refractivity contribution is 6.06. The molecule has 1 heterocycles. The van der Waals surface area contributed by atoms with E-state index in [2.05, 4.69) is 4.98 Å². The number of anilines is 2. The standard InChI is InChI=1S/C17H15N3O/c1-20(17(21)12-6-8-14(18)9-7-12)15-10-13-4-2-3-5-16(13)19-11-15/h2-11H,18H2,1H3. The van der Waals surface area contributed by atoms with Crippen molar-refractivity contribution in [2.24, 2.45) is 0 Å². The zero-order valence-corrected chi connectivity index (χ0v) is 11.7. The lowest BCUT2D eigenvalue weighted by molar-refractivity contribution is 0.0993. The Balaban J connectivity index is 1.93. The number of aromatic nitrogens is 1. The maximum Gasteiger partial charge on any atom is 0.258 e. The van der Waals surface area contributed by atoms with Gasteiger partial charge in [0.05, 0.1) is 17.4 Å².